The van der Waals surface area contributed by atoms with Crippen LogP contribution in [0, 0.1) is 11.8 Å². The lowest BCUT2D eigenvalue weighted by Crippen LogP contribution is -2.31. The van der Waals surface area contributed by atoms with Crippen LogP contribution in [0.25, 0.3) is 0 Å². The number of Topliss-reactive ketones (excluding diaryl/α,β-unsaturated/α-hetero) is 1. The Bertz CT molecular complexity index is 258. The molecular formula is C10H14O5. The van der Waals surface area contributed by atoms with Gasteiger partial charge in [0.1, 0.15) is 5.78 Å². The van der Waals surface area contributed by atoms with Gasteiger partial charge < -0.3 is 10.2 Å². The van der Waals surface area contributed by atoms with Crippen molar-refractivity contribution >= 4 is 17.7 Å². The summed E-state index contributed by atoms with van der Waals surface area (Å²) in [6, 6.07) is 0. The van der Waals surface area contributed by atoms with Crippen LogP contribution in [0.3, 0.4) is 0 Å². The van der Waals surface area contributed by atoms with Crippen LogP contribution in [-0.4, -0.2) is 27.9 Å². The number of carboxylic acid groups (broad SMARTS) is 2. The van der Waals surface area contributed by atoms with Gasteiger partial charge in [-0.3, -0.25) is 14.4 Å². The summed E-state index contributed by atoms with van der Waals surface area (Å²) in [5.41, 5.74) is 0. The summed E-state index contributed by atoms with van der Waals surface area (Å²) in [6.45, 7) is 0. The Kier molecular flexibility index (Phi) is 3.82. The molecule has 2 unspecified atom stereocenters. The van der Waals surface area contributed by atoms with Crippen molar-refractivity contribution in [2.75, 3.05) is 0 Å². The second kappa shape index (κ2) is 4.91. The van der Waals surface area contributed by atoms with Gasteiger partial charge in [-0.05, 0) is 12.8 Å². The van der Waals surface area contributed by atoms with Gasteiger partial charge in [-0.15, -0.1) is 0 Å². The quantitative estimate of drug-likeness (QED) is 0.726. The Hall–Kier alpha value is -1.39. The summed E-state index contributed by atoms with van der Waals surface area (Å²) in [7, 11) is 0. The topological polar surface area (TPSA) is 91.7 Å². The fraction of sp³-hybridized carbons (Fsp3) is 0.700. The smallest absolute Gasteiger partial charge is 0.304 e. The van der Waals surface area contributed by atoms with E-state index in [9.17, 15) is 14.4 Å². The third-order valence-corrected chi connectivity index (χ3v) is 2.75. The highest BCUT2D eigenvalue weighted by Crippen LogP contribution is 2.29. The van der Waals surface area contributed by atoms with E-state index in [1.54, 1.807) is 0 Å². The summed E-state index contributed by atoms with van der Waals surface area (Å²) >= 11 is 0. The molecule has 0 radical (unpaired) electrons. The molecule has 5 nitrogen and oxygen atoms in total. The molecule has 2 atom stereocenters. The third kappa shape index (κ3) is 3.34. The average Bonchev–Trinajstić information content (AvgIpc) is 2.10. The summed E-state index contributed by atoms with van der Waals surface area (Å²) in [5, 5.41) is 17.2. The molecule has 0 aliphatic heterocycles. The molecule has 0 saturated heterocycles. The predicted octanol–water partition coefficient (Wildman–Crippen LogP) is 0.921. The Labute approximate surface area is 87.1 Å². The van der Waals surface area contributed by atoms with Crippen LogP contribution in [0.1, 0.15) is 32.1 Å². The molecule has 0 amide bonds. The molecule has 5 heteroatoms. The molecule has 1 rings (SSSR count). The first kappa shape index (κ1) is 11.7. The largest absolute Gasteiger partial charge is 0.481 e. The Morgan fingerprint density at radius 3 is 1.80 bits per heavy atom. The standard InChI is InChI=1S/C10H14O5/c11-8(12)4-6-2-1-3-7(10(6)15)5-9(13)14/h6-7H,1-5H2,(H,11,12)(H,13,14). The molecule has 84 valence electrons. The number of carbonyl (C=O) groups is 3. The minimum absolute atomic E-state index is 0.172. The van der Waals surface area contributed by atoms with Gasteiger partial charge in [0.25, 0.3) is 0 Å². The second-order valence-corrected chi connectivity index (χ2v) is 3.92. The number of rotatable bonds is 4. The zero-order valence-corrected chi connectivity index (χ0v) is 8.31. The van der Waals surface area contributed by atoms with Gasteiger partial charge in [0.05, 0.1) is 12.8 Å². The van der Waals surface area contributed by atoms with Crippen LogP contribution in [-0.2, 0) is 14.4 Å². The zero-order valence-electron chi connectivity index (χ0n) is 8.31. The van der Waals surface area contributed by atoms with Crippen molar-refractivity contribution in [3.05, 3.63) is 0 Å². The number of carbonyl (C=O) groups excluding carboxylic acids is 1. The average molecular weight is 214 g/mol. The molecule has 1 fully saturated rings. The van der Waals surface area contributed by atoms with Gasteiger partial charge >= 0.3 is 11.9 Å². The molecule has 0 aromatic carbocycles. The monoisotopic (exact) mass is 214 g/mol. The summed E-state index contributed by atoms with van der Waals surface area (Å²) in [6.07, 6.45) is 1.54. The van der Waals surface area contributed by atoms with E-state index in [0.717, 1.165) is 6.42 Å². The molecule has 15 heavy (non-hydrogen) atoms. The molecule has 0 heterocycles. The van der Waals surface area contributed by atoms with Gasteiger partial charge in [-0.25, -0.2) is 0 Å². The van der Waals surface area contributed by atoms with E-state index in [1.807, 2.05) is 0 Å². The Balaban J connectivity index is 2.58. The van der Waals surface area contributed by atoms with E-state index < -0.39 is 23.8 Å². The van der Waals surface area contributed by atoms with Crippen molar-refractivity contribution in [2.45, 2.75) is 32.1 Å². The first-order valence-electron chi connectivity index (χ1n) is 4.98. The normalized spacial score (nSPS) is 26.3. The van der Waals surface area contributed by atoms with E-state index in [2.05, 4.69) is 0 Å². The molecule has 0 aromatic rings. The van der Waals surface area contributed by atoms with E-state index >= 15 is 0 Å². The summed E-state index contributed by atoms with van der Waals surface area (Å²) in [4.78, 5) is 32.6. The van der Waals surface area contributed by atoms with Crippen LogP contribution >= 0.6 is 0 Å². The number of aliphatic carboxylic acids is 2. The zero-order chi connectivity index (χ0) is 11.4. The first-order valence-corrected chi connectivity index (χ1v) is 4.98. The molecule has 0 aromatic heterocycles. The molecule has 1 aliphatic carbocycles. The van der Waals surface area contributed by atoms with Crippen molar-refractivity contribution in [2.24, 2.45) is 11.8 Å². The predicted molar refractivity (Wildman–Crippen MR) is 50.3 cm³/mol. The fourth-order valence-corrected chi connectivity index (χ4v) is 2.06. The second-order valence-electron chi connectivity index (χ2n) is 3.92. The minimum Gasteiger partial charge on any atom is -0.481 e. The Morgan fingerprint density at radius 1 is 1.07 bits per heavy atom. The van der Waals surface area contributed by atoms with Crippen LogP contribution in [0.5, 0.6) is 0 Å². The van der Waals surface area contributed by atoms with Gasteiger partial charge in [-0.1, -0.05) is 6.42 Å². The minimum atomic E-state index is -0.996. The van der Waals surface area contributed by atoms with Gasteiger partial charge in [-0.2, -0.15) is 0 Å². The molecule has 2 N–H and O–H groups in total. The molecule has 1 saturated carbocycles. The maximum absolute atomic E-state index is 11.7. The van der Waals surface area contributed by atoms with Crippen LogP contribution in [0.4, 0.5) is 0 Å². The molecule has 1 aliphatic rings. The fourth-order valence-electron chi connectivity index (χ4n) is 2.06. The van der Waals surface area contributed by atoms with Crippen molar-refractivity contribution in [3.63, 3.8) is 0 Å². The summed E-state index contributed by atoms with van der Waals surface area (Å²) in [5.74, 6) is -3.15. The van der Waals surface area contributed by atoms with Gasteiger partial charge in [0.2, 0.25) is 0 Å². The maximum Gasteiger partial charge on any atom is 0.304 e. The van der Waals surface area contributed by atoms with Crippen molar-refractivity contribution in [1.82, 2.24) is 0 Å². The van der Waals surface area contributed by atoms with Crippen LogP contribution in [0.15, 0.2) is 0 Å². The van der Waals surface area contributed by atoms with Crippen molar-refractivity contribution in [3.8, 4) is 0 Å². The molecular weight excluding hydrogens is 200 g/mol. The highest BCUT2D eigenvalue weighted by atomic mass is 16.4. The van der Waals surface area contributed by atoms with E-state index in [1.165, 1.54) is 0 Å². The first-order chi connectivity index (χ1) is 7.00. The van der Waals surface area contributed by atoms with E-state index in [-0.39, 0.29) is 18.6 Å². The van der Waals surface area contributed by atoms with Crippen molar-refractivity contribution in [1.29, 1.82) is 0 Å². The van der Waals surface area contributed by atoms with Crippen LogP contribution < -0.4 is 0 Å². The SMILES string of the molecule is O=C(O)CC1CCCC(CC(=O)O)C1=O. The lowest BCUT2D eigenvalue weighted by atomic mass is 9.77. The van der Waals surface area contributed by atoms with Gasteiger partial charge in [0.15, 0.2) is 0 Å². The van der Waals surface area contributed by atoms with Crippen molar-refractivity contribution < 1.29 is 24.6 Å². The number of ketones is 1. The third-order valence-electron chi connectivity index (χ3n) is 2.75. The highest BCUT2D eigenvalue weighted by molar-refractivity contribution is 5.89. The number of carboxylic acids is 2. The number of hydrogen-bond acceptors (Lipinski definition) is 3. The summed E-state index contributed by atoms with van der Waals surface area (Å²) < 4.78 is 0. The molecule has 0 bridgehead atoms. The van der Waals surface area contributed by atoms with E-state index in [0.29, 0.717) is 12.8 Å². The Morgan fingerprint density at radius 2 is 1.47 bits per heavy atom. The van der Waals surface area contributed by atoms with Gasteiger partial charge in [0, 0.05) is 11.8 Å². The van der Waals surface area contributed by atoms with E-state index in [4.69, 9.17) is 10.2 Å². The highest BCUT2D eigenvalue weighted by Gasteiger charge is 2.33. The maximum atomic E-state index is 11.7. The number of hydrogen-bond donors (Lipinski definition) is 2. The lowest BCUT2D eigenvalue weighted by molar-refractivity contribution is -0.145. The lowest BCUT2D eigenvalue weighted by Gasteiger charge is -2.25. The molecule has 0 spiro atoms. The van der Waals surface area contributed by atoms with Crippen LogP contribution in [0.2, 0.25) is 0 Å².